The van der Waals surface area contributed by atoms with Gasteiger partial charge in [-0.3, -0.25) is 14.5 Å². The van der Waals surface area contributed by atoms with Crippen molar-refractivity contribution < 1.29 is 23.9 Å². The third-order valence-electron chi connectivity index (χ3n) is 5.99. The van der Waals surface area contributed by atoms with Crippen LogP contribution in [0.4, 0.5) is 10.1 Å². The Hall–Kier alpha value is -3.46. The van der Waals surface area contributed by atoms with E-state index in [1.807, 2.05) is 4.90 Å². The average molecular weight is 426 g/mol. The van der Waals surface area contributed by atoms with E-state index in [0.29, 0.717) is 41.3 Å². The number of hydrogen-bond donors (Lipinski definition) is 3. The number of carboxylic acid groups (broad SMARTS) is 1. The van der Waals surface area contributed by atoms with Crippen LogP contribution in [0.2, 0.25) is 0 Å². The van der Waals surface area contributed by atoms with Gasteiger partial charge in [0.2, 0.25) is 0 Å². The topological polar surface area (TPSA) is 118 Å². The van der Waals surface area contributed by atoms with Gasteiger partial charge in [0.25, 0.3) is 11.8 Å². The Morgan fingerprint density at radius 2 is 1.94 bits per heavy atom. The molecule has 0 saturated carbocycles. The summed E-state index contributed by atoms with van der Waals surface area (Å²) in [6, 6.07) is 3.97. The summed E-state index contributed by atoms with van der Waals surface area (Å²) in [4.78, 5) is 39.0. The molecule has 31 heavy (non-hydrogen) atoms. The quantitative estimate of drug-likeness (QED) is 0.635. The van der Waals surface area contributed by atoms with E-state index >= 15 is 0 Å². The number of anilines is 1. The lowest BCUT2D eigenvalue weighted by atomic mass is 10.0. The number of benzene rings is 1. The number of nitrogens with two attached hydrogens (primary N) is 1. The molecular formula is C22H23FN4O4. The van der Waals surface area contributed by atoms with E-state index in [0.717, 1.165) is 12.8 Å². The number of primary amides is 1. The van der Waals surface area contributed by atoms with Crippen molar-refractivity contribution in [2.24, 2.45) is 5.73 Å². The highest BCUT2D eigenvalue weighted by Gasteiger charge is 2.34. The molecule has 8 nitrogen and oxygen atoms in total. The molecule has 0 aliphatic carbocycles. The van der Waals surface area contributed by atoms with Gasteiger partial charge in [-0.25, -0.2) is 9.18 Å². The van der Waals surface area contributed by atoms with Crippen LogP contribution in [0.5, 0.6) is 0 Å². The summed E-state index contributed by atoms with van der Waals surface area (Å²) in [7, 11) is 0. The van der Waals surface area contributed by atoms with E-state index in [2.05, 4.69) is 5.32 Å². The van der Waals surface area contributed by atoms with E-state index in [9.17, 15) is 23.9 Å². The molecule has 1 fully saturated rings. The van der Waals surface area contributed by atoms with E-state index < -0.39 is 29.8 Å². The number of nitrogens with zero attached hydrogens (tertiary/aromatic N) is 2. The monoisotopic (exact) mass is 426 g/mol. The second kappa shape index (κ2) is 7.66. The first-order chi connectivity index (χ1) is 14.7. The molecular weight excluding hydrogens is 403 g/mol. The van der Waals surface area contributed by atoms with Crippen LogP contribution in [0.15, 0.2) is 18.2 Å². The van der Waals surface area contributed by atoms with Crippen molar-refractivity contribution in [3.8, 4) is 0 Å². The lowest BCUT2D eigenvalue weighted by Crippen LogP contribution is -2.41. The van der Waals surface area contributed by atoms with Crippen molar-refractivity contribution in [1.29, 1.82) is 0 Å². The molecule has 0 radical (unpaired) electrons. The molecule has 3 heterocycles. The number of carbonyl (C=O) groups is 3. The maximum atomic E-state index is 13.9. The van der Waals surface area contributed by atoms with Crippen molar-refractivity contribution in [1.82, 2.24) is 9.47 Å². The Kier molecular flexibility index (Phi) is 5.14. The van der Waals surface area contributed by atoms with Gasteiger partial charge in [-0.05, 0) is 56.5 Å². The molecule has 1 aromatic heterocycles. The zero-order valence-electron chi connectivity index (χ0n) is 17.2. The number of aromatic carboxylic acids is 1. The van der Waals surface area contributed by atoms with Crippen LogP contribution in [0.3, 0.4) is 0 Å². The summed E-state index contributed by atoms with van der Waals surface area (Å²) in [5.74, 6) is -2.68. The molecule has 4 rings (SSSR count). The Morgan fingerprint density at radius 3 is 2.55 bits per heavy atom. The molecule has 2 aliphatic rings. The second-order valence-electron chi connectivity index (χ2n) is 7.87. The standard InChI is InChI=1S/C22H23FN4O4/c1-11-17(10-15-14-9-13(23)5-6-16(14)25-20(15)29)27(12(2)18(11)22(30)31)21(19(24)28)26-7-3-4-8-26/h5-6,9-10,21H,3-4,7-8H2,1-2H3,(H2,24,28)(H,25,29)(H,30,31). The molecule has 0 bridgehead atoms. The van der Waals surface area contributed by atoms with Crippen LogP contribution in [-0.4, -0.2) is 45.4 Å². The molecule has 0 spiro atoms. The van der Waals surface area contributed by atoms with Crippen molar-refractivity contribution in [3.05, 3.63) is 52.1 Å². The molecule has 2 aromatic rings. The molecule has 1 saturated heterocycles. The van der Waals surface area contributed by atoms with Crippen LogP contribution in [0.1, 0.15) is 51.9 Å². The number of fused-ring (bicyclic) bond motifs is 1. The first-order valence-electron chi connectivity index (χ1n) is 10.0. The van der Waals surface area contributed by atoms with Crippen molar-refractivity contribution >= 4 is 35.1 Å². The van der Waals surface area contributed by atoms with Crippen LogP contribution in [-0.2, 0) is 9.59 Å². The van der Waals surface area contributed by atoms with Gasteiger partial charge in [0.1, 0.15) is 5.82 Å². The van der Waals surface area contributed by atoms with Gasteiger partial charge in [-0.2, -0.15) is 0 Å². The number of rotatable bonds is 5. The van der Waals surface area contributed by atoms with Gasteiger partial charge in [0, 0.05) is 35.7 Å². The number of carboxylic acids is 1. The molecule has 1 aromatic carbocycles. The normalized spacial score (nSPS) is 18.3. The number of nitrogens with one attached hydrogen (secondary N) is 1. The van der Waals surface area contributed by atoms with Crippen LogP contribution < -0.4 is 11.1 Å². The Morgan fingerprint density at radius 1 is 1.26 bits per heavy atom. The number of likely N-dealkylation sites (tertiary alicyclic amines) is 1. The summed E-state index contributed by atoms with van der Waals surface area (Å²) in [6.07, 6.45) is 2.43. The fraction of sp³-hybridized carbons (Fsp3) is 0.318. The molecule has 1 atom stereocenters. The maximum Gasteiger partial charge on any atom is 0.337 e. The van der Waals surface area contributed by atoms with Gasteiger partial charge in [-0.1, -0.05) is 0 Å². The predicted molar refractivity (Wildman–Crippen MR) is 113 cm³/mol. The fourth-order valence-corrected chi connectivity index (χ4v) is 4.59. The SMILES string of the molecule is Cc1c(C(=O)O)c(C)n(C(C(N)=O)N2CCCC2)c1C=C1C(=O)Nc2ccc(F)cc21. The van der Waals surface area contributed by atoms with Crippen LogP contribution in [0.25, 0.3) is 11.6 Å². The largest absolute Gasteiger partial charge is 0.478 e. The highest BCUT2D eigenvalue weighted by atomic mass is 19.1. The maximum absolute atomic E-state index is 13.9. The van der Waals surface area contributed by atoms with Crippen LogP contribution in [0, 0.1) is 19.7 Å². The number of halogens is 1. The lowest BCUT2D eigenvalue weighted by Gasteiger charge is -2.28. The van der Waals surface area contributed by atoms with Gasteiger partial charge in [0.05, 0.1) is 11.1 Å². The minimum atomic E-state index is -1.14. The second-order valence-corrected chi connectivity index (χ2v) is 7.87. The zero-order chi connectivity index (χ0) is 22.4. The summed E-state index contributed by atoms with van der Waals surface area (Å²) in [5, 5.41) is 12.5. The van der Waals surface area contributed by atoms with Crippen molar-refractivity contribution in [2.45, 2.75) is 32.9 Å². The minimum Gasteiger partial charge on any atom is -0.478 e. The third kappa shape index (κ3) is 3.40. The average Bonchev–Trinajstić information content (AvgIpc) is 3.37. The van der Waals surface area contributed by atoms with E-state index in [1.165, 1.54) is 24.3 Å². The van der Waals surface area contributed by atoms with Gasteiger partial charge in [-0.15, -0.1) is 0 Å². The molecule has 4 N–H and O–H groups in total. The fourth-order valence-electron chi connectivity index (χ4n) is 4.59. The number of hydrogen-bond acceptors (Lipinski definition) is 4. The predicted octanol–water partition coefficient (Wildman–Crippen LogP) is 2.51. The Balaban J connectivity index is 1.97. The van der Waals surface area contributed by atoms with Crippen molar-refractivity contribution in [2.75, 3.05) is 18.4 Å². The summed E-state index contributed by atoms with van der Waals surface area (Å²) in [5.41, 5.74) is 8.00. The molecule has 2 amide bonds. The first kappa shape index (κ1) is 20.8. The van der Waals surface area contributed by atoms with E-state index in [4.69, 9.17) is 5.73 Å². The van der Waals surface area contributed by atoms with Gasteiger partial charge < -0.3 is 20.7 Å². The number of amides is 2. The first-order valence-corrected chi connectivity index (χ1v) is 10.0. The Bertz CT molecular complexity index is 1140. The minimum absolute atomic E-state index is 0.0511. The Labute approximate surface area is 178 Å². The smallest absolute Gasteiger partial charge is 0.337 e. The van der Waals surface area contributed by atoms with Gasteiger partial charge >= 0.3 is 5.97 Å². The molecule has 9 heteroatoms. The van der Waals surface area contributed by atoms with Crippen LogP contribution >= 0.6 is 0 Å². The molecule has 1 unspecified atom stereocenters. The van der Waals surface area contributed by atoms with Gasteiger partial charge in [0.15, 0.2) is 6.17 Å². The molecule has 2 aliphatic heterocycles. The van der Waals surface area contributed by atoms with E-state index in [1.54, 1.807) is 18.4 Å². The number of aromatic nitrogens is 1. The highest BCUT2D eigenvalue weighted by molar-refractivity contribution is 6.35. The molecule has 162 valence electrons. The summed E-state index contributed by atoms with van der Waals surface area (Å²) >= 11 is 0. The lowest BCUT2D eigenvalue weighted by molar-refractivity contribution is -0.126. The zero-order valence-corrected chi connectivity index (χ0v) is 17.2. The third-order valence-corrected chi connectivity index (χ3v) is 5.99. The number of carbonyl (C=O) groups excluding carboxylic acids is 2. The van der Waals surface area contributed by atoms with Crippen molar-refractivity contribution in [3.63, 3.8) is 0 Å². The summed E-state index contributed by atoms with van der Waals surface area (Å²) in [6.45, 7) is 4.54. The van der Waals surface area contributed by atoms with E-state index in [-0.39, 0.29) is 11.1 Å². The summed E-state index contributed by atoms with van der Waals surface area (Å²) < 4.78 is 15.4. The highest BCUT2D eigenvalue weighted by Crippen LogP contribution is 2.37.